The second kappa shape index (κ2) is 19.6. The van der Waals surface area contributed by atoms with E-state index in [4.69, 9.17) is 4.74 Å². The second-order valence-electron chi connectivity index (χ2n) is 18.5. The highest BCUT2D eigenvalue weighted by Gasteiger charge is 2.34. The first-order valence-electron chi connectivity index (χ1n) is 24.5. The lowest BCUT2D eigenvalue weighted by Gasteiger charge is -2.39. The number of methoxy groups -OCH3 is 1. The normalized spacial score (nSPS) is 14.7. The van der Waals surface area contributed by atoms with Gasteiger partial charge in [-0.1, -0.05) is 186 Å². The Hall–Kier alpha value is -6.19. The highest BCUT2D eigenvalue weighted by atomic mass is 32.1. The number of hydrogen-bond acceptors (Lipinski definition) is 2. The maximum absolute atomic E-state index is 5.81. The summed E-state index contributed by atoms with van der Waals surface area (Å²) >= 11 is 1.88. The van der Waals surface area contributed by atoms with Gasteiger partial charge in [0, 0.05) is 53.6 Å². The van der Waals surface area contributed by atoms with E-state index >= 15 is 0 Å². The number of fused-ring (bicyclic) bond motifs is 9. The molecule has 3 aromatic heterocycles. The molecule has 5 heteroatoms. The third-order valence-electron chi connectivity index (χ3n) is 14.5. The monoisotopic (exact) mass is 910 g/mol. The van der Waals surface area contributed by atoms with Crippen molar-refractivity contribution in [1.82, 2.24) is 9.55 Å². The summed E-state index contributed by atoms with van der Waals surface area (Å²) < 4.78 is 10.9. The number of rotatable bonds is 6. The van der Waals surface area contributed by atoms with Crippen molar-refractivity contribution in [2.75, 3.05) is 7.11 Å². The van der Waals surface area contributed by atoms with Gasteiger partial charge in [-0.3, -0.25) is 0 Å². The van der Waals surface area contributed by atoms with Crippen molar-refractivity contribution >= 4 is 88.3 Å². The Morgan fingerprint density at radius 3 is 1.63 bits per heavy atom. The van der Waals surface area contributed by atoms with Gasteiger partial charge in [0.1, 0.15) is 5.75 Å². The molecule has 0 radical (unpaired) electrons. The zero-order valence-electron chi connectivity index (χ0n) is 38.8. The standard InChI is InChI=1S/C26H35OP.C24H15NS.C12H9N/c1-20-12-11-18-24(27-2)26(20)23-17-9-10-19-25(23)28(21-13-5-3-6-14-21)22-15-7-4-8-16-22;1-4-12-20-16(8-1)17-9-2-5-13-21(17)25(20)22-14-7-11-19-18-10-3-6-15-23(18)26-24(19)22;1-3-7-11-9(5-1)10-6-2-4-8-12(10)13-11/h9-12,17-19,21-22H,3-8,13-16H2,1-2H3;1-15H;1-8,13H. The molecular formula is C62H59N2OPS. The van der Waals surface area contributed by atoms with Crippen LogP contribution in [0.5, 0.6) is 5.75 Å². The number of aromatic amines is 1. The van der Waals surface area contributed by atoms with Crippen LogP contribution in [0.1, 0.15) is 69.8 Å². The van der Waals surface area contributed by atoms with E-state index in [9.17, 15) is 0 Å². The maximum Gasteiger partial charge on any atom is 0.126 e. The molecule has 0 spiro atoms. The predicted octanol–water partition coefficient (Wildman–Crippen LogP) is 17.9. The van der Waals surface area contributed by atoms with Crippen LogP contribution < -0.4 is 10.0 Å². The number of nitrogens with zero attached hydrogens (tertiary/aromatic N) is 1. The van der Waals surface area contributed by atoms with E-state index < -0.39 is 0 Å². The van der Waals surface area contributed by atoms with Crippen molar-refractivity contribution in [2.24, 2.45) is 0 Å². The summed E-state index contributed by atoms with van der Waals surface area (Å²) in [4.78, 5) is 3.38. The first-order valence-corrected chi connectivity index (χ1v) is 26.8. The van der Waals surface area contributed by atoms with Crippen LogP contribution in [0.4, 0.5) is 0 Å². The molecule has 0 aliphatic heterocycles. The van der Waals surface area contributed by atoms with Gasteiger partial charge in [0.05, 0.1) is 28.5 Å². The SMILES string of the molecule is COc1cccc(C)c1-c1ccccc1P(C1CCCCC1)C1CCCCC1.c1ccc2c(c1)[nH]c1ccccc12.c1ccc2c(c1)sc1c(-n3c4ccccc4c4ccccc43)cccc12. The lowest BCUT2D eigenvalue weighted by Crippen LogP contribution is -2.27. The van der Waals surface area contributed by atoms with Gasteiger partial charge >= 0.3 is 0 Å². The minimum atomic E-state index is -0.122. The van der Waals surface area contributed by atoms with Crippen molar-refractivity contribution < 1.29 is 4.74 Å². The van der Waals surface area contributed by atoms with E-state index in [1.165, 1.54) is 150 Å². The fourth-order valence-corrected chi connectivity index (χ4v) is 16.5. The minimum absolute atomic E-state index is 0.122. The number of aromatic nitrogens is 2. The van der Waals surface area contributed by atoms with Gasteiger partial charge in [0.15, 0.2) is 0 Å². The fraction of sp³-hybridized carbons (Fsp3) is 0.226. The van der Waals surface area contributed by atoms with Gasteiger partial charge < -0.3 is 14.3 Å². The highest BCUT2D eigenvalue weighted by Crippen LogP contribution is 2.56. The van der Waals surface area contributed by atoms with E-state index in [-0.39, 0.29) is 7.92 Å². The Bertz CT molecular complexity index is 3350. The van der Waals surface area contributed by atoms with E-state index in [0.717, 1.165) is 17.1 Å². The third kappa shape index (κ3) is 8.45. The topological polar surface area (TPSA) is 29.9 Å². The third-order valence-corrected chi connectivity index (χ3v) is 19.2. The molecule has 3 heterocycles. The van der Waals surface area contributed by atoms with E-state index in [1.807, 2.05) is 18.4 Å². The molecule has 11 aromatic rings. The number of aryl methyl sites for hydroxylation is 1. The molecule has 8 aromatic carbocycles. The Morgan fingerprint density at radius 1 is 0.493 bits per heavy atom. The lowest BCUT2D eigenvalue weighted by molar-refractivity contribution is 0.416. The molecule has 0 saturated heterocycles. The number of ether oxygens (including phenoxy) is 1. The Balaban J connectivity index is 0.000000117. The summed E-state index contributed by atoms with van der Waals surface area (Å²) in [6, 6.07) is 65.3. The molecule has 13 rings (SSSR count). The lowest BCUT2D eigenvalue weighted by atomic mass is 9.99. The van der Waals surface area contributed by atoms with Crippen molar-refractivity contribution in [1.29, 1.82) is 0 Å². The predicted molar refractivity (Wildman–Crippen MR) is 293 cm³/mol. The molecule has 3 nitrogen and oxygen atoms in total. The van der Waals surface area contributed by atoms with Crippen LogP contribution in [-0.2, 0) is 0 Å². The molecule has 0 atom stereocenters. The summed E-state index contributed by atoms with van der Waals surface area (Å²) in [5.41, 5.74) is 12.1. The summed E-state index contributed by atoms with van der Waals surface area (Å²) in [6.45, 7) is 2.23. The largest absolute Gasteiger partial charge is 0.496 e. The van der Waals surface area contributed by atoms with Crippen LogP contribution in [0.25, 0.3) is 80.6 Å². The molecule has 334 valence electrons. The zero-order chi connectivity index (χ0) is 45.1. The van der Waals surface area contributed by atoms with Crippen LogP contribution in [0.15, 0.2) is 182 Å². The fourth-order valence-electron chi connectivity index (χ4n) is 11.4. The van der Waals surface area contributed by atoms with Crippen molar-refractivity contribution in [3.05, 3.63) is 188 Å². The first-order chi connectivity index (χ1) is 33.2. The zero-order valence-corrected chi connectivity index (χ0v) is 40.5. The first kappa shape index (κ1) is 43.4. The quantitative estimate of drug-likeness (QED) is 0.166. The van der Waals surface area contributed by atoms with E-state index in [2.05, 4.69) is 198 Å². The number of para-hydroxylation sites is 4. The molecule has 1 N–H and O–H groups in total. The van der Waals surface area contributed by atoms with Gasteiger partial charge in [-0.2, -0.15) is 0 Å². The van der Waals surface area contributed by atoms with E-state index in [0.29, 0.717) is 0 Å². The average molecular weight is 911 g/mol. The Morgan fingerprint density at radius 2 is 1.00 bits per heavy atom. The van der Waals surface area contributed by atoms with Crippen molar-refractivity contribution in [3.63, 3.8) is 0 Å². The molecule has 67 heavy (non-hydrogen) atoms. The van der Waals surface area contributed by atoms with Gasteiger partial charge in [-0.25, -0.2) is 0 Å². The van der Waals surface area contributed by atoms with Gasteiger partial charge in [-0.15, -0.1) is 11.3 Å². The van der Waals surface area contributed by atoms with E-state index in [1.54, 1.807) is 5.30 Å². The molecule has 2 saturated carbocycles. The molecule has 0 amide bonds. The number of thiophene rings is 1. The van der Waals surface area contributed by atoms with Crippen LogP contribution >= 0.6 is 19.3 Å². The molecule has 0 bridgehead atoms. The number of H-pyrrole nitrogens is 1. The van der Waals surface area contributed by atoms with Crippen molar-refractivity contribution in [2.45, 2.75) is 82.4 Å². The van der Waals surface area contributed by atoms with Crippen molar-refractivity contribution in [3.8, 4) is 22.6 Å². The van der Waals surface area contributed by atoms with Crippen LogP contribution in [0.2, 0.25) is 0 Å². The molecule has 0 unspecified atom stereocenters. The van der Waals surface area contributed by atoms with Gasteiger partial charge in [0.2, 0.25) is 0 Å². The Labute approximate surface area is 400 Å². The summed E-state index contributed by atoms with van der Waals surface area (Å²) in [5.74, 6) is 1.02. The molecule has 2 aliphatic rings. The van der Waals surface area contributed by atoms with Crippen LogP contribution in [-0.4, -0.2) is 28.0 Å². The van der Waals surface area contributed by atoms with Gasteiger partial charge in [-0.05, 0) is 103 Å². The second-order valence-corrected chi connectivity index (χ2v) is 22.3. The molecule has 2 aliphatic carbocycles. The summed E-state index contributed by atoms with van der Waals surface area (Å²) in [5, 5.41) is 9.56. The smallest absolute Gasteiger partial charge is 0.126 e. The van der Waals surface area contributed by atoms with Crippen LogP contribution in [0.3, 0.4) is 0 Å². The summed E-state index contributed by atoms with van der Waals surface area (Å²) in [6.07, 6.45) is 14.4. The number of nitrogens with one attached hydrogen (secondary N) is 1. The van der Waals surface area contributed by atoms with Gasteiger partial charge in [0.25, 0.3) is 0 Å². The number of hydrogen-bond donors (Lipinski definition) is 1. The maximum atomic E-state index is 5.81. The minimum Gasteiger partial charge on any atom is -0.496 e. The molecule has 2 fully saturated rings. The summed E-state index contributed by atoms with van der Waals surface area (Å²) in [7, 11) is 1.69. The highest BCUT2D eigenvalue weighted by molar-refractivity contribution is 7.67. The van der Waals surface area contributed by atoms with Crippen LogP contribution in [0, 0.1) is 6.92 Å². The molecular weight excluding hydrogens is 852 g/mol. The average Bonchev–Trinajstić information content (AvgIpc) is 4.08. The Kier molecular flexibility index (Phi) is 12.7. The number of benzene rings is 8.